The number of carboxylic acid groups (broad SMARTS) is 1. The van der Waals surface area contributed by atoms with Gasteiger partial charge in [0.2, 0.25) is 0 Å². The van der Waals surface area contributed by atoms with E-state index in [1.54, 1.807) is 0 Å². The maximum atomic E-state index is 10.5. The molecule has 0 bridgehead atoms. The Morgan fingerprint density at radius 2 is 2.00 bits per heavy atom. The number of hydrogen-bond acceptors (Lipinski definition) is 1. The molecule has 3 heteroatoms. The van der Waals surface area contributed by atoms with Crippen molar-refractivity contribution in [3.8, 4) is 0 Å². The summed E-state index contributed by atoms with van der Waals surface area (Å²) in [5, 5.41) is 8.68. The fourth-order valence-corrected chi connectivity index (χ4v) is 1.38. The number of carboxylic acids is 1. The molecule has 2 nitrogen and oxygen atoms in total. The first-order valence-corrected chi connectivity index (χ1v) is 4.19. The van der Waals surface area contributed by atoms with Gasteiger partial charge in [0.15, 0.2) is 0 Å². The summed E-state index contributed by atoms with van der Waals surface area (Å²) in [6, 6.07) is 0. The zero-order valence-corrected chi connectivity index (χ0v) is 8.78. The molecule has 0 aromatic rings. The van der Waals surface area contributed by atoms with Gasteiger partial charge in [0, 0.05) is 5.57 Å². The van der Waals surface area contributed by atoms with Crippen molar-refractivity contribution in [2.24, 2.45) is 0 Å². The molecule has 1 rings (SSSR count). The zero-order valence-electron chi connectivity index (χ0n) is 7.96. The second-order valence-corrected chi connectivity index (χ2v) is 3.34. The van der Waals surface area contributed by atoms with Crippen molar-refractivity contribution in [2.45, 2.75) is 33.1 Å². The van der Waals surface area contributed by atoms with Gasteiger partial charge in [-0.15, -0.1) is 12.4 Å². The lowest BCUT2D eigenvalue weighted by atomic mass is 9.92. The van der Waals surface area contributed by atoms with Gasteiger partial charge in [-0.2, -0.15) is 0 Å². The van der Waals surface area contributed by atoms with E-state index in [4.69, 9.17) is 5.11 Å². The molecule has 0 radical (unpaired) electrons. The van der Waals surface area contributed by atoms with Gasteiger partial charge < -0.3 is 5.11 Å². The third kappa shape index (κ3) is 3.23. The Labute approximate surface area is 84.7 Å². The van der Waals surface area contributed by atoms with Gasteiger partial charge in [0.25, 0.3) is 0 Å². The number of carbonyl (C=O) groups is 1. The summed E-state index contributed by atoms with van der Waals surface area (Å²) < 4.78 is 0. The molecule has 0 heterocycles. The van der Waals surface area contributed by atoms with Crippen LogP contribution in [-0.4, -0.2) is 11.1 Å². The van der Waals surface area contributed by atoms with E-state index in [2.05, 4.69) is 13.8 Å². The lowest BCUT2D eigenvalue weighted by molar-refractivity contribution is -0.132. The van der Waals surface area contributed by atoms with Gasteiger partial charge in [-0.1, -0.05) is 17.2 Å². The molecule has 0 saturated carbocycles. The highest BCUT2D eigenvalue weighted by Gasteiger charge is 2.13. The molecule has 1 aliphatic carbocycles. The second kappa shape index (κ2) is 5.07. The Kier molecular flexibility index (Phi) is 4.78. The maximum Gasteiger partial charge on any atom is 0.331 e. The van der Waals surface area contributed by atoms with Gasteiger partial charge in [-0.05, 0) is 33.1 Å². The normalized spacial score (nSPS) is 15.8. The first-order valence-electron chi connectivity index (χ1n) is 4.19. The SMILES string of the molecule is CC(C)=C1CC=C(C(=O)O)CC1.Cl. The summed E-state index contributed by atoms with van der Waals surface area (Å²) >= 11 is 0. The Morgan fingerprint density at radius 1 is 1.38 bits per heavy atom. The monoisotopic (exact) mass is 202 g/mol. The van der Waals surface area contributed by atoms with Crippen LogP contribution in [0.3, 0.4) is 0 Å². The predicted molar refractivity (Wildman–Crippen MR) is 55.2 cm³/mol. The van der Waals surface area contributed by atoms with E-state index < -0.39 is 5.97 Å². The molecule has 1 aliphatic rings. The van der Waals surface area contributed by atoms with Crippen LogP contribution < -0.4 is 0 Å². The Hall–Kier alpha value is -0.760. The molecule has 1 N–H and O–H groups in total. The van der Waals surface area contributed by atoms with Gasteiger partial charge in [0.1, 0.15) is 0 Å². The fraction of sp³-hybridized carbons (Fsp3) is 0.500. The van der Waals surface area contributed by atoms with E-state index >= 15 is 0 Å². The van der Waals surface area contributed by atoms with E-state index in [0.29, 0.717) is 12.0 Å². The van der Waals surface area contributed by atoms with E-state index in [0.717, 1.165) is 12.8 Å². The quantitative estimate of drug-likeness (QED) is 0.664. The summed E-state index contributed by atoms with van der Waals surface area (Å²) in [7, 11) is 0. The lowest BCUT2D eigenvalue weighted by Crippen LogP contribution is -2.05. The maximum absolute atomic E-state index is 10.5. The molecule has 0 aliphatic heterocycles. The molecule has 0 unspecified atom stereocenters. The molecular formula is C10H15ClO2. The van der Waals surface area contributed by atoms with E-state index in [9.17, 15) is 4.79 Å². The van der Waals surface area contributed by atoms with Gasteiger partial charge in [-0.3, -0.25) is 0 Å². The van der Waals surface area contributed by atoms with E-state index in [-0.39, 0.29) is 12.4 Å². The van der Waals surface area contributed by atoms with Crippen LogP contribution in [0, 0.1) is 0 Å². The molecular weight excluding hydrogens is 188 g/mol. The standard InChI is InChI=1S/C10H14O2.ClH/c1-7(2)8-3-5-9(6-4-8)10(11)12;/h5H,3-4,6H2,1-2H3,(H,11,12);1H. The molecule has 0 amide bonds. The van der Waals surface area contributed by atoms with Crippen molar-refractivity contribution >= 4 is 18.4 Å². The Bertz CT molecular complexity index is 260. The summed E-state index contributed by atoms with van der Waals surface area (Å²) in [4.78, 5) is 10.5. The highest BCUT2D eigenvalue weighted by Crippen LogP contribution is 2.25. The summed E-state index contributed by atoms with van der Waals surface area (Å²) in [5.41, 5.74) is 3.29. The summed E-state index contributed by atoms with van der Waals surface area (Å²) in [6.45, 7) is 4.16. The average molecular weight is 203 g/mol. The largest absolute Gasteiger partial charge is 0.478 e. The fourth-order valence-electron chi connectivity index (χ4n) is 1.38. The molecule has 13 heavy (non-hydrogen) atoms. The van der Waals surface area contributed by atoms with Crippen molar-refractivity contribution < 1.29 is 9.90 Å². The first-order chi connectivity index (χ1) is 5.61. The van der Waals surface area contributed by atoms with Crippen molar-refractivity contribution in [1.29, 1.82) is 0 Å². The number of hydrogen-bond donors (Lipinski definition) is 1. The predicted octanol–water partition coefficient (Wildman–Crippen LogP) is 2.94. The average Bonchev–Trinajstić information content (AvgIpc) is 2.04. The lowest BCUT2D eigenvalue weighted by Gasteiger charge is -2.14. The number of aliphatic carboxylic acids is 1. The Morgan fingerprint density at radius 3 is 2.31 bits per heavy atom. The van der Waals surface area contributed by atoms with Crippen molar-refractivity contribution in [3.63, 3.8) is 0 Å². The molecule has 0 aromatic carbocycles. The number of halogens is 1. The van der Waals surface area contributed by atoms with E-state index in [1.165, 1.54) is 11.1 Å². The van der Waals surface area contributed by atoms with Crippen molar-refractivity contribution in [3.05, 3.63) is 22.8 Å². The third-order valence-corrected chi connectivity index (χ3v) is 2.27. The number of allylic oxidation sites excluding steroid dienone is 3. The highest BCUT2D eigenvalue weighted by atomic mass is 35.5. The van der Waals surface area contributed by atoms with E-state index in [1.807, 2.05) is 6.08 Å². The third-order valence-electron chi connectivity index (χ3n) is 2.27. The first kappa shape index (κ1) is 12.2. The second-order valence-electron chi connectivity index (χ2n) is 3.34. The van der Waals surface area contributed by atoms with Gasteiger partial charge in [0.05, 0.1) is 0 Å². The van der Waals surface area contributed by atoms with Crippen LogP contribution in [0.15, 0.2) is 22.8 Å². The minimum Gasteiger partial charge on any atom is -0.478 e. The van der Waals surface area contributed by atoms with Crippen LogP contribution in [0.25, 0.3) is 0 Å². The minimum absolute atomic E-state index is 0. The molecule has 74 valence electrons. The van der Waals surface area contributed by atoms with Crippen LogP contribution in [0.1, 0.15) is 33.1 Å². The van der Waals surface area contributed by atoms with Gasteiger partial charge >= 0.3 is 5.97 Å². The zero-order chi connectivity index (χ0) is 9.14. The number of rotatable bonds is 1. The van der Waals surface area contributed by atoms with Crippen LogP contribution in [-0.2, 0) is 4.79 Å². The highest BCUT2D eigenvalue weighted by molar-refractivity contribution is 5.86. The van der Waals surface area contributed by atoms with Crippen LogP contribution in [0.4, 0.5) is 0 Å². The van der Waals surface area contributed by atoms with Crippen molar-refractivity contribution in [1.82, 2.24) is 0 Å². The molecule has 0 fully saturated rings. The van der Waals surface area contributed by atoms with Crippen LogP contribution in [0.5, 0.6) is 0 Å². The smallest absolute Gasteiger partial charge is 0.331 e. The molecule has 0 spiro atoms. The van der Waals surface area contributed by atoms with Crippen LogP contribution >= 0.6 is 12.4 Å². The topological polar surface area (TPSA) is 37.3 Å². The summed E-state index contributed by atoms with van der Waals surface area (Å²) in [6.07, 6.45) is 4.26. The molecule has 0 aromatic heterocycles. The van der Waals surface area contributed by atoms with Crippen molar-refractivity contribution in [2.75, 3.05) is 0 Å². The molecule has 0 atom stereocenters. The molecule has 0 saturated heterocycles. The minimum atomic E-state index is -0.761. The Balaban J connectivity index is 0.00000144. The van der Waals surface area contributed by atoms with Crippen LogP contribution in [0.2, 0.25) is 0 Å². The van der Waals surface area contributed by atoms with Gasteiger partial charge in [-0.25, -0.2) is 4.79 Å². The summed E-state index contributed by atoms with van der Waals surface area (Å²) in [5.74, 6) is -0.761.